The lowest BCUT2D eigenvalue weighted by Gasteiger charge is -2.14. The summed E-state index contributed by atoms with van der Waals surface area (Å²) in [5.74, 6) is 0.467. The number of aromatic nitrogens is 3. The Labute approximate surface area is 154 Å². The molecule has 26 heavy (non-hydrogen) atoms. The van der Waals surface area contributed by atoms with Crippen LogP contribution in [0, 0.1) is 0 Å². The predicted octanol–water partition coefficient (Wildman–Crippen LogP) is 4.24. The summed E-state index contributed by atoms with van der Waals surface area (Å²) in [7, 11) is 0. The summed E-state index contributed by atoms with van der Waals surface area (Å²) in [5, 5.41) is 2.99. The number of aryl methyl sites for hydroxylation is 1. The molecule has 0 unspecified atom stereocenters. The first-order chi connectivity index (χ1) is 12.2. The minimum absolute atomic E-state index is 0.0141. The highest BCUT2D eigenvalue weighted by Crippen LogP contribution is 2.27. The third kappa shape index (κ3) is 5.39. The van der Waals surface area contributed by atoms with Gasteiger partial charge < -0.3 is 10.1 Å². The van der Waals surface area contributed by atoms with Crippen molar-refractivity contribution in [2.75, 3.05) is 5.32 Å². The summed E-state index contributed by atoms with van der Waals surface area (Å²) >= 11 is 5.95. The largest absolute Gasteiger partial charge is 0.433 e. The van der Waals surface area contributed by atoms with Crippen molar-refractivity contribution in [1.29, 1.82) is 0 Å². The molecule has 2 heterocycles. The van der Waals surface area contributed by atoms with Crippen molar-refractivity contribution in [2.45, 2.75) is 45.8 Å². The Morgan fingerprint density at radius 1 is 1.23 bits per heavy atom. The van der Waals surface area contributed by atoms with E-state index in [2.05, 4.69) is 20.3 Å². The van der Waals surface area contributed by atoms with Gasteiger partial charge >= 0.3 is 6.18 Å². The van der Waals surface area contributed by atoms with E-state index in [9.17, 15) is 18.0 Å². The van der Waals surface area contributed by atoms with Gasteiger partial charge in [-0.1, -0.05) is 13.0 Å². The quantitative estimate of drug-likeness (QED) is 0.721. The third-order valence-corrected chi connectivity index (χ3v) is 3.84. The standard InChI is InChI=1S/C17H18ClF3N4O/c1-3-12-13(8-7-10(2)26)24-16(18)25-15(12)22-9-11-5-4-6-14(23-11)17(19,20)21/h4-6H,3,7-9H2,1-2H3,(H,22,24,25). The number of ketones is 1. The number of Topliss-reactive ketones (excluding diaryl/α,β-unsaturated/α-hetero) is 1. The minimum Gasteiger partial charge on any atom is -0.364 e. The summed E-state index contributed by atoms with van der Waals surface area (Å²) < 4.78 is 38.3. The third-order valence-electron chi connectivity index (χ3n) is 3.67. The van der Waals surface area contributed by atoms with Crippen LogP contribution in [-0.4, -0.2) is 20.7 Å². The van der Waals surface area contributed by atoms with E-state index in [0.29, 0.717) is 30.8 Å². The van der Waals surface area contributed by atoms with Crippen molar-refractivity contribution in [3.63, 3.8) is 0 Å². The van der Waals surface area contributed by atoms with Gasteiger partial charge in [0.1, 0.15) is 17.3 Å². The lowest BCUT2D eigenvalue weighted by Crippen LogP contribution is -2.13. The van der Waals surface area contributed by atoms with E-state index in [0.717, 1.165) is 11.6 Å². The fourth-order valence-electron chi connectivity index (χ4n) is 2.43. The van der Waals surface area contributed by atoms with E-state index < -0.39 is 11.9 Å². The molecule has 9 heteroatoms. The molecule has 0 aromatic carbocycles. The van der Waals surface area contributed by atoms with Crippen LogP contribution in [0.15, 0.2) is 18.2 Å². The van der Waals surface area contributed by atoms with Gasteiger partial charge in [0.05, 0.1) is 17.9 Å². The van der Waals surface area contributed by atoms with Crippen LogP contribution < -0.4 is 5.32 Å². The molecule has 0 saturated heterocycles. The second-order valence-electron chi connectivity index (χ2n) is 5.69. The van der Waals surface area contributed by atoms with E-state index in [1.54, 1.807) is 0 Å². The molecule has 0 fully saturated rings. The first-order valence-corrected chi connectivity index (χ1v) is 8.40. The van der Waals surface area contributed by atoms with Gasteiger partial charge in [0.15, 0.2) is 0 Å². The van der Waals surface area contributed by atoms with Crippen LogP contribution in [0.3, 0.4) is 0 Å². The van der Waals surface area contributed by atoms with Crippen LogP contribution in [0.1, 0.15) is 42.9 Å². The molecule has 2 rings (SSSR count). The van der Waals surface area contributed by atoms with Crippen molar-refractivity contribution in [2.24, 2.45) is 0 Å². The van der Waals surface area contributed by atoms with E-state index >= 15 is 0 Å². The van der Waals surface area contributed by atoms with Crippen LogP contribution in [-0.2, 0) is 30.4 Å². The summed E-state index contributed by atoms with van der Waals surface area (Å²) in [4.78, 5) is 23.1. The lowest BCUT2D eigenvalue weighted by molar-refractivity contribution is -0.141. The minimum atomic E-state index is -4.50. The number of anilines is 1. The SMILES string of the molecule is CCc1c(CCC(C)=O)nc(Cl)nc1NCc1cccc(C(F)(F)F)n1. The Balaban J connectivity index is 2.22. The molecule has 2 aromatic rings. The van der Waals surface area contributed by atoms with Gasteiger partial charge in [-0.3, -0.25) is 0 Å². The second kappa shape index (κ2) is 8.44. The normalized spacial score (nSPS) is 11.5. The highest BCUT2D eigenvalue weighted by molar-refractivity contribution is 6.28. The highest BCUT2D eigenvalue weighted by atomic mass is 35.5. The number of nitrogens with one attached hydrogen (secondary N) is 1. The van der Waals surface area contributed by atoms with Crippen LogP contribution in [0.2, 0.25) is 5.28 Å². The maximum atomic E-state index is 12.8. The van der Waals surface area contributed by atoms with Gasteiger partial charge in [0.25, 0.3) is 0 Å². The molecule has 1 N–H and O–H groups in total. The summed E-state index contributed by atoms with van der Waals surface area (Å²) in [6, 6.07) is 3.72. The molecular weight excluding hydrogens is 369 g/mol. The van der Waals surface area contributed by atoms with Crippen LogP contribution >= 0.6 is 11.6 Å². The number of rotatable bonds is 7. The molecule has 5 nitrogen and oxygen atoms in total. The molecule has 0 amide bonds. The number of alkyl halides is 3. The fourth-order valence-corrected chi connectivity index (χ4v) is 2.62. The van der Waals surface area contributed by atoms with Crippen LogP contribution in [0.4, 0.5) is 19.0 Å². The van der Waals surface area contributed by atoms with E-state index in [4.69, 9.17) is 11.6 Å². The highest BCUT2D eigenvalue weighted by Gasteiger charge is 2.32. The van der Waals surface area contributed by atoms with Crippen molar-refractivity contribution >= 4 is 23.2 Å². The molecule has 2 aromatic heterocycles. The molecule has 0 saturated carbocycles. The number of nitrogens with zero attached hydrogens (tertiary/aromatic N) is 3. The van der Waals surface area contributed by atoms with E-state index in [1.165, 1.54) is 19.1 Å². The summed E-state index contributed by atoms with van der Waals surface area (Å²) in [6.07, 6.45) is -3.16. The smallest absolute Gasteiger partial charge is 0.364 e. The predicted molar refractivity (Wildman–Crippen MR) is 92.0 cm³/mol. The maximum Gasteiger partial charge on any atom is 0.433 e. The lowest BCUT2D eigenvalue weighted by atomic mass is 10.1. The Morgan fingerprint density at radius 3 is 2.58 bits per heavy atom. The van der Waals surface area contributed by atoms with Crippen molar-refractivity contribution < 1.29 is 18.0 Å². The Hall–Kier alpha value is -2.22. The first kappa shape index (κ1) is 20.1. The van der Waals surface area contributed by atoms with E-state index in [1.807, 2.05) is 6.92 Å². The van der Waals surface area contributed by atoms with Crippen LogP contribution in [0.5, 0.6) is 0 Å². The summed E-state index contributed by atoms with van der Waals surface area (Å²) in [6.45, 7) is 3.45. The Kier molecular flexibility index (Phi) is 6.52. The Morgan fingerprint density at radius 2 is 1.96 bits per heavy atom. The zero-order valence-electron chi connectivity index (χ0n) is 14.3. The van der Waals surface area contributed by atoms with Gasteiger partial charge in [-0.05, 0) is 43.5 Å². The van der Waals surface area contributed by atoms with Crippen molar-refractivity contribution in [3.05, 3.63) is 46.1 Å². The van der Waals surface area contributed by atoms with E-state index in [-0.39, 0.29) is 23.3 Å². The Bertz CT molecular complexity index is 796. The molecule has 0 atom stereocenters. The number of halogens is 4. The molecule has 0 spiro atoms. The van der Waals surface area contributed by atoms with Gasteiger partial charge in [0, 0.05) is 12.0 Å². The molecule has 0 aliphatic carbocycles. The number of hydrogen-bond acceptors (Lipinski definition) is 5. The zero-order chi connectivity index (χ0) is 19.3. The number of pyridine rings is 1. The molecule has 0 aliphatic rings. The first-order valence-electron chi connectivity index (χ1n) is 8.02. The van der Waals surface area contributed by atoms with Gasteiger partial charge in [-0.25, -0.2) is 15.0 Å². The second-order valence-corrected chi connectivity index (χ2v) is 6.03. The molecule has 0 bridgehead atoms. The van der Waals surface area contributed by atoms with Crippen molar-refractivity contribution in [3.8, 4) is 0 Å². The van der Waals surface area contributed by atoms with Crippen molar-refractivity contribution in [1.82, 2.24) is 15.0 Å². The molecule has 0 radical (unpaired) electrons. The maximum absolute atomic E-state index is 12.8. The number of hydrogen-bond donors (Lipinski definition) is 1. The zero-order valence-corrected chi connectivity index (χ0v) is 15.1. The number of carbonyl (C=O) groups is 1. The number of carbonyl (C=O) groups excluding carboxylic acids is 1. The average Bonchev–Trinajstić information content (AvgIpc) is 2.57. The topological polar surface area (TPSA) is 67.8 Å². The summed E-state index contributed by atoms with van der Waals surface area (Å²) in [5.41, 5.74) is 0.710. The molecule has 140 valence electrons. The molecular formula is C17H18ClF3N4O. The monoisotopic (exact) mass is 386 g/mol. The van der Waals surface area contributed by atoms with Crippen LogP contribution in [0.25, 0.3) is 0 Å². The van der Waals surface area contributed by atoms with Gasteiger partial charge in [-0.2, -0.15) is 13.2 Å². The fraction of sp³-hybridized carbons (Fsp3) is 0.412. The van der Waals surface area contributed by atoms with Gasteiger partial charge in [-0.15, -0.1) is 0 Å². The van der Waals surface area contributed by atoms with Gasteiger partial charge in [0.2, 0.25) is 5.28 Å². The molecule has 0 aliphatic heterocycles. The average molecular weight is 387 g/mol.